The lowest BCUT2D eigenvalue weighted by atomic mass is 10.2. The summed E-state index contributed by atoms with van der Waals surface area (Å²) in [5.41, 5.74) is 0.00922. The van der Waals surface area contributed by atoms with Crippen LogP contribution in [0.1, 0.15) is 0 Å². The monoisotopic (exact) mass is 307 g/mol. The summed E-state index contributed by atoms with van der Waals surface area (Å²) in [6, 6.07) is 11.0. The van der Waals surface area contributed by atoms with Gasteiger partial charge in [0.2, 0.25) is 6.10 Å². The summed E-state index contributed by atoms with van der Waals surface area (Å²) in [6.45, 7) is 0.0605. The van der Waals surface area contributed by atoms with Crippen LogP contribution in [0.15, 0.2) is 42.5 Å². The molecule has 0 saturated carbocycles. The molecular formula is C15H11ClFNO3. The SMILES string of the molecule is O=C(Nc1cc(Cl)ccc1F)[C@@H]1COc2ccccc2O1. The Balaban J connectivity index is 1.74. The number of anilines is 1. The van der Waals surface area contributed by atoms with Gasteiger partial charge in [0, 0.05) is 5.02 Å². The molecule has 6 heteroatoms. The van der Waals surface area contributed by atoms with Crippen LogP contribution >= 0.6 is 11.6 Å². The maximum absolute atomic E-state index is 13.6. The molecule has 2 aromatic rings. The van der Waals surface area contributed by atoms with Crippen LogP contribution in [0.2, 0.25) is 5.02 Å². The number of benzene rings is 2. The van der Waals surface area contributed by atoms with Gasteiger partial charge >= 0.3 is 0 Å². The zero-order valence-corrected chi connectivity index (χ0v) is 11.6. The molecule has 2 aromatic carbocycles. The Morgan fingerprint density at radius 3 is 2.81 bits per heavy atom. The van der Waals surface area contributed by atoms with Gasteiger partial charge in [0.15, 0.2) is 11.5 Å². The summed E-state index contributed by atoms with van der Waals surface area (Å²) >= 11 is 5.78. The van der Waals surface area contributed by atoms with Gasteiger partial charge in [-0.2, -0.15) is 0 Å². The van der Waals surface area contributed by atoms with Crippen molar-refractivity contribution in [1.82, 2.24) is 0 Å². The standard InChI is InChI=1S/C15H11ClFNO3/c16-9-5-6-10(17)11(7-9)18-15(19)14-8-20-12-3-1-2-4-13(12)21-14/h1-7,14H,8H2,(H,18,19)/t14-/m0/s1. The molecule has 0 aliphatic carbocycles. The fourth-order valence-corrected chi connectivity index (χ4v) is 2.13. The number of carbonyl (C=O) groups is 1. The Kier molecular flexibility index (Phi) is 3.66. The van der Waals surface area contributed by atoms with Gasteiger partial charge in [0.25, 0.3) is 5.91 Å². The molecule has 0 spiro atoms. The average Bonchev–Trinajstić information content (AvgIpc) is 2.50. The first-order chi connectivity index (χ1) is 10.1. The highest BCUT2D eigenvalue weighted by molar-refractivity contribution is 6.30. The van der Waals surface area contributed by atoms with Gasteiger partial charge in [-0.25, -0.2) is 4.39 Å². The van der Waals surface area contributed by atoms with Crippen LogP contribution in [0.3, 0.4) is 0 Å². The smallest absolute Gasteiger partial charge is 0.269 e. The van der Waals surface area contributed by atoms with Crippen LogP contribution in [0.4, 0.5) is 10.1 Å². The van der Waals surface area contributed by atoms with Gasteiger partial charge in [0.05, 0.1) is 5.69 Å². The van der Waals surface area contributed by atoms with E-state index in [1.165, 1.54) is 18.2 Å². The quantitative estimate of drug-likeness (QED) is 0.926. The molecule has 1 amide bonds. The molecule has 1 N–H and O–H groups in total. The molecule has 0 bridgehead atoms. The van der Waals surface area contributed by atoms with E-state index in [0.29, 0.717) is 16.5 Å². The zero-order valence-electron chi connectivity index (χ0n) is 10.8. The molecule has 3 rings (SSSR count). The minimum absolute atomic E-state index is 0.00922. The minimum Gasteiger partial charge on any atom is -0.485 e. The molecule has 21 heavy (non-hydrogen) atoms. The van der Waals surface area contributed by atoms with E-state index in [2.05, 4.69) is 5.32 Å². The topological polar surface area (TPSA) is 47.6 Å². The van der Waals surface area contributed by atoms with E-state index in [1.807, 2.05) is 6.07 Å². The van der Waals surface area contributed by atoms with Crippen molar-refractivity contribution in [2.45, 2.75) is 6.10 Å². The molecule has 0 aromatic heterocycles. The van der Waals surface area contributed by atoms with Crippen LogP contribution in [0.25, 0.3) is 0 Å². The molecule has 0 unspecified atom stereocenters. The van der Waals surface area contributed by atoms with Crippen molar-refractivity contribution >= 4 is 23.2 Å². The average molecular weight is 308 g/mol. The van der Waals surface area contributed by atoms with Crippen LogP contribution in [-0.2, 0) is 4.79 Å². The largest absolute Gasteiger partial charge is 0.485 e. The van der Waals surface area contributed by atoms with Gasteiger partial charge in [-0.3, -0.25) is 4.79 Å². The van der Waals surface area contributed by atoms with E-state index < -0.39 is 17.8 Å². The lowest BCUT2D eigenvalue weighted by Gasteiger charge is -2.25. The number of carbonyl (C=O) groups excluding carboxylic acids is 1. The number of rotatable bonds is 2. The number of hydrogen-bond donors (Lipinski definition) is 1. The second-order valence-corrected chi connectivity index (χ2v) is 4.91. The lowest BCUT2D eigenvalue weighted by Crippen LogP contribution is -2.40. The molecule has 1 aliphatic heterocycles. The lowest BCUT2D eigenvalue weighted by molar-refractivity contribution is -0.125. The molecule has 4 nitrogen and oxygen atoms in total. The Morgan fingerprint density at radius 2 is 2.00 bits per heavy atom. The predicted octanol–water partition coefficient (Wildman–Crippen LogP) is 3.26. The summed E-state index contributed by atoms with van der Waals surface area (Å²) in [7, 11) is 0. The Bertz CT molecular complexity index is 692. The first-order valence-electron chi connectivity index (χ1n) is 6.28. The third-order valence-electron chi connectivity index (χ3n) is 2.99. The van der Waals surface area contributed by atoms with Crippen molar-refractivity contribution in [1.29, 1.82) is 0 Å². The summed E-state index contributed by atoms with van der Waals surface area (Å²) in [6.07, 6.45) is -0.849. The van der Waals surface area contributed by atoms with Crippen molar-refractivity contribution < 1.29 is 18.7 Å². The predicted molar refractivity (Wildman–Crippen MR) is 76.4 cm³/mol. The number of fused-ring (bicyclic) bond motifs is 1. The van der Waals surface area contributed by atoms with E-state index in [1.54, 1.807) is 18.2 Å². The Labute approximate surface area is 125 Å². The highest BCUT2D eigenvalue weighted by atomic mass is 35.5. The first-order valence-corrected chi connectivity index (χ1v) is 6.65. The maximum atomic E-state index is 13.6. The number of ether oxygens (including phenoxy) is 2. The first kappa shape index (κ1) is 13.7. The molecular weight excluding hydrogens is 297 g/mol. The van der Waals surface area contributed by atoms with E-state index in [0.717, 1.165) is 0 Å². The number of halogens is 2. The molecule has 1 heterocycles. The third-order valence-corrected chi connectivity index (χ3v) is 3.22. The molecule has 0 fully saturated rings. The van der Waals surface area contributed by atoms with Gasteiger partial charge in [-0.15, -0.1) is 0 Å². The highest BCUT2D eigenvalue weighted by Gasteiger charge is 2.27. The van der Waals surface area contributed by atoms with E-state index >= 15 is 0 Å². The van der Waals surface area contributed by atoms with Crippen molar-refractivity contribution in [3.8, 4) is 11.5 Å². The summed E-state index contributed by atoms with van der Waals surface area (Å²) < 4.78 is 24.6. The van der Waals surface area contributed by atoms with Crippen molar-refractivity contribution in [3.05, 3.63) is 53.3 Å². The van der Waals surface area contributed by atoms with Crippen LogP contribution in [-0.4, -0.2) is 18.6 Å². The van der Waals surface area contributed by atoms with Gasteiger partial charge < -0.3 is 14.8 Å². The van der Waals surface area contributed by atoms with E-state index in [4.69, 9.17) is 21.1 Å². The van der Waals surface area contributed by atoms with Crippen molar-refractivity contribution in [2.75, 3.05) is 11.9 Å². The molecule has 108 valence electrons. The van der Waals surface area contributed by atoms with Crippen LogP contribution < -0.4 is 14.8 Å². The second-order valence-electron chi connectivity index (χ2n) is 4.48. The minimum atomic E-state index is -0.849. The van der Waals surface area contributed by atoms with Crippen molar-refractivity contribution in [3.63, 3.8) is 0 Å². The van der Waals surface area contributed by atoms with E-state index in [9.17, 15) is 9.18 Å². The number of nitrogens with one attached hydrogen (secondary N) is 1. The summed E-state index contributed by atoms with van der Waals surface area (Å²) in [5, 5.41) is 2.78. The highest BCUT2D eigenvalue weighted by Crippen LogP contribution is 2.31. The maximum Gasteiger partial charge on any atom is 0.269 e. The molecule has 1 aliphatic rings. The third kappa shape index (κ3) is 2.92. The fourth-order valence-electron chi connectivity index (χ4n) is 1.96. The second kappa shape index (κ2) is 5.61. The van der Waals surface area contributed by atoms with Gasteiger partial charge in [-0.05, 0) is 30.3 Å². The Hall–Kier alpha value is -2.27. The molecule has 1 atom stereocenters. The molecule has 0 saturated heterocycles. The normalized spacial score (nSPS) is 16.4. The van der Waals surface area contributed by atoms with Crippen LogP contribution in [0.5, 0.6) is 11.5 Å². The van der Waals surface area contributed by atoms with Crippen LogP contribution in [0, 0.1) is 5.82 Å². The van der Waals surface area contributed by atoms with Gasteiger partial charge in [-0.1, -0.05) is 23.7 Å². The fraction of sp³-hybridized carbons (Fsp3) is 0.133. The zero-order chi connectivity index (χ0) is 14.8. The summed E-state index contributed by atoms with van der Waals surface area (Å²) in [5.74, 6) is 0.00139. The number of amides is 1. The number of para-hydroxylation sites is 2. The summed E-state index contributed by atoms with van der Waals surface area (Å²) in [4.78, 5) is 12.1. The molecule has 0 radical (unpaired) electrons. The van der Waals surface area contributed by atoms with Crippen molar-refractivity contribution in [2.24, 2.45) is 0 Å². The van der Waals surface area contributed by atoms with E-state index in [-0.39, 0.29) is 12.3 Å². The Morgan fingerprint density at radius 1 is 1.24 bits per heavy atom. The van der Waals surface area contributed by atoms with Gasteiger partial charge in [0.1, 0.15) is 12.4 Å². The number of hydrogen-bond acceptors (Lipinski definition) is 3.